The average molecular weight is 415 g/mol. The van der Waals surface area contributed by atoms with Gasteiger partial charge in [-0.15, -0.1) is 0 Å². The summed E-state index contributed by atoms with van der Waals surface area (Å²) in [5.41, 5.74) is 23.9. The third kappa shape index (κ3) is 15.3. The first-order valence-corrected chi connectivity index (χ1v) is 11.0. The summed E-state index contributed by atoms with van der Waals surface area (Å²) >= 11 is 0. The molecule has 0 saturated heterocycles. The Morgan fingerprint density at radius 3 is 2.07 bits per heavy atom. The van der Waals surface area contributed by atoms with E-state index in [9.17, 15) is 4.79 Å². The highest BCUT2D eigenvalue weighted by atomic mass is 16.6. The van der Waals surface area contributed by atoms with Crippen LogP contribution in [0.25, 0.3) is 0 Å². The van der Waals surface area contributed by atoms with Gasteiger partial charge < -0.3 is 33.0 Å². The van der Waals surface area contributed by atoms with Crippen LogP contribution in [-0.4, -0.2) is 68.4 Å². The Morgan fingerprint density at radius 2 is 1.59 bits per heavy atom. The van der Waals surface area contributed by atoms with Crippen molar-refractivity contribution in [2.75, 3.05) is 45.8 Å². The molecule has 0 spiro atoms. The third-order valence-electron chi connectivity index (χ3n) is 4.59. The first-order chi connectivity index (χ1) is 13.8. The number of carbonyl (C=O) groups excluding carboxylic acids is 1. The summed E-state index contributed by atoms with van der Waals surface area (Å²) in [5.74, 6) is 0. The van der Waals surface area contributed by atoms with E-state index in [1.165, 1.54) is 5.57 Å². The third-order valence-corrected chi connectivity index (χ3v) is 4.59. The van der Waals surface area contributed by atoms with E-state index in [0.717, 1.165) is 51.6 Å². The highest BCUT2D eigenvalue weighted by Gasteiger charge is 2.17. The Balaban J connectivity index is 4.69. The van der Waals surface area contributed by atoms with Crippen molar-refractivity contribution in [2.24, 2.45) is 22.9 Å². The van der Waals surface area contributed by atoms with Gasteiger partial charge in [0.1, 0.15) is 5.60 Å². The van der Waals surface area contributed by atoms with Crippen LogP contribution in [0.5, 0.6) is 0 Å². The van der Waals surface area contributed by atoms with Gasteiger partial charge >= 0.3 is 6.09 Å². The van der Waals surface area contributed by atoms with Crippen LogP contribution >= 0.6 is 0 Å². The summed E-state index contributed by atoms with van der Waals surface area (Å²) in [6.07, 6.45) is 7.57. The fraction of sp³-hybridized carbons (Fsp3) is 0.857. The van der Waals surface area contributed by atoms with Crippen molar-refractivity contribution in [3.63, 3.8) is 0 Å². The standard InChI is InChI=1S/C21H46N6O2/c1-21(2,3)29-20(28)26-15-5-4-6-19(27(16-13-24)17-14-25)8-7-18(9-11-22)10-12-23/h7,19H,4-6,8-17,22-25H2,1-3H3,(H,26,28). The van der Waals surface area contributed by atoms with Gasteiger partial charge in [0.15, 0.2) is 0 Å². The van der Waals surface area contributed by atoms with Gasteiger partial charge in [0.05, 0.1) is 0 Å². The highest BCUT2D eigenvalue weighted by Crippen LogP contribution is 2.16. The minimum atomic E-state index is -0.475. The summed E-state index contributed by atoms with van der Waals surface area (Å²) in [4.78, 5) is 14.1. The van der Waals surface area contributed by atoms with E-state index in [1.54, 1.807) is 0 Å². The minimum absolute atomic E-state index is 0.363. The zero-order valence-corrected chi connectivity index (χ0v) is 18.9. The maximum atomic E-state index is 11.7. The average Bonchev–Trinajstić information content (AvgIpc) is 2.62. The zero-order chi connectivity index (χ0) is 22.1. The second-order valence-corrected chi connectivity index (χ2v) is 8.37. The molecule has 0 heterocycles. The first-order valence-electron chi connectivity index (χ1n) is 11.0. The van der Waals surface area contributed by atoms with Gasteiger partial charge in [-0.2, -0.15) is 0 Å². The van der Waals surface area contributed by atoms with Crippen molar-refractivity contribution >= 4 is 6.09 Å². The molecule has 8 heteroatoms. The summed E-state index contributed by atoms with van der Waals surface area (Å²) in [6.45, 7) is 10.3. The van der Waals surface area contributed by atoms with Crippen LogP contribution in [0.15, 0.2) is 11.6 Å². The monoisotopic (exact) mass is 414 g/mol. The van der Waals surface area contributed by atoms with E-state index < -0.39 is 5.60 Å². The zero-order valence-electron chi connectivity index (χ0n) is 18.9. The van der Waals surface area contributed by atoms with E-state index in [-0.39, 0.29) is 6.09 Å². The second-order valence-electron chi connectivity index (χ2n) is 8.37. The number of nitrogens with zero attached hydrogens (tertiary/aromatic N) is 1. The molecule has 0 fully saturated rings. The molecule has 0 aliphatic rings. The molecule has 0 aliphatic heterocycles. The van der Waals surface area contributed by atoms with Crippen LogP contribution in [0.1, 0.15) is 59.3 Å². The predicted octanol–water partition coefficient (Wildman–Crippen LogP) is 1.28. The number of nitrogens with two attached hydrogens (primary N) is 4. The number of hydrogen-bond acceptors (Lipinski definition) is 7. The molecule has 0 bridgehead atoms. The molecule has 1 unspecified atom stereocenters. The summed E-state index contributed by atoms with van der Waals surface area (Å²) in [6, 6.07) is 0.370. The number of alkyl carbamates (subject to hydrolysis) is 1. The lowest BCUT2D eigenvalue weighted by Gasteiger charge is -2.31. The van der Waals surface area contributed by atoms with Crippen molar-refractivity contribution in [3.8, 4) is 0 Å². The van der Waals surface area contributed by atoms with Crippen LogP contribution in [0, 0.1) is 0 Å². The van der Waals surface area contributed by atoms with Crippen molar-refractivity contribution in [2.45, 2.75) is 70.9 Å². The van der Waals surface area contributed by atoms with Crippen molar-refractivity contribution in [3.05, 3.63) is 11.6 Å². The van der Waals surface area contributed by atoms with Crippen molar-refractivity contribution < 1.29 is 9.53 Å². The molecule has 0 radical (unpaired) electrons. The molecule has 8 nitrogen and oxygen atoms in total. The molecule has 1 atom stereocenters. The van der Waals surface area contributed by atoms with E-state index in [4.69, 9.17) is 27.7 Å². The van der Waals surface area contributed by atoms with Gasteiger partial charge in [0.25, 0.3) is 0 Å². The Bertz CT molecular complexity index is 437. The molecule has 172 valence electrons. The van der Waals surface area contributed by atoms with E-state index >= 15 is 0 Å². The van der Waals surface area contributed by atoms with Gasteiger partial charge in [-0.3, -0.25) is 4.90 Å². The van der Waals surface area contributed by atoms with E-state index in [2.05, 4.69) is 16.3 Å². The highest BCUT2D eigenvalue weighted by molar-refractivity contribution is 5.67. The number of ether oxygens (including phenoxy) is 1. The number of hydrogen-bond donors (Lipinski definition) is 5. The molecule has 9 N–H and O–H groups in total. The normalized spacial score (nSPS) is 12.7. The summed E-state index contributed by atoms with van der Waals surface area (Å²) in [5, 5.41) is 2.82. The molecule has 0 rings (SSSR count). The summed E-state index contributed by atoms with van der Waals surface area (Å²) < 4.78 is 5.26. The molecule has 29 heavy (non-hydrogen) atoms. The number of rotatable bonds is 16. The molecule has 0 saturated carbocycles. The van der Waals surface area contributed by atoms with Gasteiger partial charge in [-0.1, -0.05) is 18.1 Å². The molecular weight excluding hydrogens is 368 g/mol. The molecular formula is C21H46N6O2. The lowest BCUT2D eigenvalue weighted by molar-refractivity contribution is 0.0526. The molecule has 0 aliphatic carbocycles. The number of carbonyl (C=O) groups is 1. The Hall–Kier alpha value is -1.19. The van der Waals surface area contributed by atoms with Gasteiger partial charge in [0.2, 0.25) is 0 Å². The fourth-order valence-electron chi connectivity index (χ4n) is 3.27. The van der Waals surface area contributed by atoms with Crippen LogP contribution in [0.2, 0.25) is 0 Å². The number of unbranched alkanes of at least 4 members (excludes halogenated alkanes) is 1. The van der Waals surface area contributed by atoms with E-state index in [0.29, 0.717) is 38.8 Å². The molecule has 0 aromatic heterocycles. The Morgan fingerprint density at radius 1 is 1.00 bits per heavy atom. The first kappa shape index (κ1) is 27.8. The lowest BCUT2D eigenvalue weighted by Crippen LogP contribution is -2.41. The summed E-state index contributed by atoms with van der Waals surface area (Å²) in [7, 11) is 0. The van der Waals surface area contributed by atoms with Gasteiger partial charge in [-0.05, 0) is 66.0 Å². The second kappa shape index (κ2) is 16.6. The maximum absolute atomic E-state index is 11.7. The van der Waals surface area contributed by atoms with E-state index in [1.807, 2.05) is 20.8 Å². The number of nitrogens with one attached hydrogen (secondary N) is 1. The quantitative estimate of drug-likeness (QED) is 0.189. The molecule has 0 aromatic carbocycles. The number of amides is 1. The topological polar surface area (TPSA) is 146 Å². The Labute approximate surface area is 177 Å². The van der Waals surface area contributed by atoms with Crippen molar-refractivity contribution in [1.29, 1.82) is 0 Å². The largest absolute Gasteiger partial charge is 0.444 e. The smallest absolute Gasteiger partial charge is 0.407 e. The maximum Gasteiger partial charge on any atom is 0.407 e. The minimum Gasteiger partial charge on any atom is -0.444 e. The fourth-order valence-corrected chi connectivity index (χ4v) is 3.27. The van der Waals surface area contributed by atoms with Crippen molar-refractivity contribution in [1.82, 2.24) is 10.2 Å². The molecule has 1 amide bonds. The predicted molar refractivity (Wildman–Crippen MR) is 122 cm³/mol. The van der Waals surface area contributed by atoms with Gasteiger partial charge in [0, 0.05) is 38.8 Å². The van der Waals surface area contributed by atoms with Gasteiger partial charge in [-0.25, -0.2) is 4.79 Å². The van der Waals surface area contributed by atoms with Crippen LogP contribution in [0.4, 0.5) is 4.79 Å². The van der Waals surface area contributed by atoms with Crippen LogP contribution in [0.3, 0.4) is 0 Å². The van der Waals surface area contributed by atoms with Crippen LogP contribution < -0.4 is 28.3 Å². The SMILES string of the molecule is CC(C)(C)OC(=O)NCCCCC(CC=C(CCN)CCN)N(CCN)CCN. The molecule has 0 aromatic rings. The lowest BCUT2D eigenvalue weighted by atomic mass is 10.00. The van der Waals surface area contributed by atoms with Crippen LogP contribution in [-0.2, 0) is 4.74 Å². The Kier molecular flexibility index (Phi) is 15.9.